The van der Waals surface area contributed by atoms with Crippen LogP contribution < -0.4 is 5.73 Å². The van der Waals surface area contributed by atoms with Crippen molar-refractivity contribution in [1.29, 1.82) is 0 Å². The van der Waals surface area contributed by atoms with Crippen molar-refractivity contribution in [1.82, 2.24) is 4.90 Å². The molecule has 0 bridgehead atoms. The molecule has 72 valence electrons. The number of nitrogens with two attached hydrogens (primary N) is 1. The van der Waals surface area contributed by atoms with E-state index in [1.54, 1.807) is 0 Å². The molecule has 2 nitrogen and oxygen atoms in total. The minimum Gasteiger partial charge on any atom is -0.326 e. The molecule has 1 saturated heterocycles. The van der Waals surface area contributed by atoms with Crippen LogP contribution in [-0.2, 0) is 0 Å². The lowest BCUT2D eigenvalue weighted by molar-refractivity contribution is 0.106. The van der Waals surface area contributed by atoms with Crippen molar-refractivity contribution in [3.63, 3.8) is 0 Å². The molecular weight excluding hydrogens is 148 g/mol. The molecule has 2 heteroatoms. The Morgan fingerprint density at radius 3 is 2.67 bits per heavy atom. The summed E-state index contributed by atoms with van der Waals surface area (Å²) in [7, 11) is 0. The van der Waals surface area contributed by atoms with Crippen molar-refractivity contribution in [3.05, 3.63) is 0 Å². The summed E-state index contributed by atoms with van der Waals surface area (Å²) < 4.78 is 0. The lowest BCUT2D eigenvalue weighted by Crippen LogP contribution is -2.52. The van der Waals surface area contributed by atoms with Gasteiger partial charge in [-0.1, -0.05) is 20.8 Å². The highest BCUT2D eigenvalue weighted by molar-refractivity contribution is 4.89. The predicted octanol–water partition coefficient (Wildman–Crippen LogP) is 1.46. The fourth-order valence-corrected chi connectivity index (χ4v) is 1.77. The highest BCUT2D eigenvalue weighted by Gasteiger charge is 2.32. The van der Waals surface area contributed by atoms with E-state index in [1.165, 1.54) is 25.9 Å². The van der Waals surface area contributed by atoms with Gasteiger partial charge in [0.05, 0.1) is 0 Å². The van der Waals surface area contributed by atoms with Crippen molar-refractivity contribution in [2.24, 2.45) is 11.1 Å². The molecule has 0 spiro atoms. The maximum absolute atomic E-state index is 6.09. The Hall–Kier alpha value is -0.0800. The fourth-order valence-electron chi connectivity index (χ4n) is 1.77. The van der Waals surface area contributed by atoms with Gasteiger partial charge in [0.2, 0.25) is 0 Å². The van der Waals surface area contributed by atoms with E-state index >= 15 is 0 Å². The topological polar surface area (TPSA) is 29.3 Å². The van der Waals surface area contributed by atoms with E-state index in [-0.39, 0.29) is 0 Å². The third-order valence-electron chi connectivity index (χ3n) is 3.07. The first kappa shape index (κ1) is 10.0. The summed E-state index contributed by atoms with van der Waals surface area (Å²) in [5, 5.41) is 0. The quantitative estimate of drug-likeness (QED) is 0.680. The summed E-state index contributed by atoms with van der Waals surface area (Å²) in [4.78, 5) is 2.48. The largest absolute Gasteiger partial charge is 0.326 e. The highest BCUT2D eigenvalue weighted by atomic mass is 15.1. The molecule has 1 aliphatic rings. The van der Waals surface area contributed by atoms with Gasteiger partial charge < -0.3 is 10.6 Å². The Kier molecular flexibility index (Phi) is 3.13. The van der Waals surface area contributed by atoms with Gasteiger partial charge in [0.25, 0.3) is 0 Å². The van der Waals surface area contributed by atoms with Crippen LogP contribution >= 0.6 is 0 Å². The van der Waals surface area contributed by atoms with Crippen LogP contribution in [0.5, 0.6) is 0 Å². The highest BCUT2D eigenvalue weighted by Crippen LogP contribution is 2.28. The monoisotopic (exact) mass is 170 g/mol. The summed E-state index contributed by atoms with van der Waals surface area (Å²) in [5.74, 6) is 0. The van der Waals surface area contributed by atoms with Gasteiger partial charge in [-0.05, 0) is 31.3 Å². The summed E-state index contributed by atoms with van der Waals surface area (Å²) in [6.07, 6.45) is 2.49. The Balaban J connectivity index is 2.41. The number of piperidine rings is 1. The molecule has 1 atom stereocenters. The number of rotatable bonds is 2. The van der Waals surface area contributed by atoms with Crippen LogP contribution in [0.25, 0.3) is 0 Å². The lowest BCUT2D eigenvalue weighted by atomic mass is 9.78. The van der Waals surface area contributed by atoms with E-state index in [2.05, 4.69) is 25.7 Å². The minimum absolute atomic E-state index is 0.351. The molecule has 0 aromatic heterocycles. The molecule has 1 fully saturated rings. The van der Waals surface area contributed by atoms with E-state index in [0.717, 1.165) is 6.54 Å². The van der Waals surface area contributed by atoms with Gasteiger partial charge >= 0.3 is 0 Å². The molecule has 1 unspecified atom stereocenters. The van der Waals surface area contributed by atoms with E-state index < -0.39 is 0 Å². The molecule has 1 heterocycles. The van der Waals surface area contributed by atoms with Crippen LogP contribution in [0.15, 0.2) is 0 Å². The molecule has 0 radical (unpaired) electrons. The molecule has 0 aliphatic carbocycles. The third kappa shape index (κ3) is 2.20. The zero-order chi connectivity index (χ0) is 9.19. The summed E-state index contributed by atoms with van der Waals surface area (Å²) >= 11 is 0. The van der Waals surface area contributed by atoms with Crippen LogP contribution in [0.3, 0.4) is 0 Å². The summed E-state index contributed by atoms with van der Waals surface area (Å²) in [6.45, 7) is 10.3. The molecule has 0 amide bonds. The normalized spacial score (nSPS) is 30.5. The van der Waals surface area contributed by atoms with E-state index in [1.807, 2.05) is 0 Å². The Bertz CT molecular complexity index is 143. The second-order valence-electron chi connectivity index (χ2n) is 4.65. The standard InChI is InChI=1S/C10H22N2/c1-4-6-12-7-5-10(2,3)9(11)8-12/h9H,4-8,11H2,1-3H3. The molecule has 2 N–H and O–H groups in total. The molecule has 1 aliphatic heterocycles. The summed E-state index contributed by atoms with van der Waals surface area (Å²) in [5.41, 5.74) is 6.44. The van der Waals surface area contributed by atoms with Crippen LogP contribution in [0.4, 0.5) is 0 Å². The third-order valence-corrected chi connectivity index (χ3v) is 3.07. The minimum atomic E-state index is 0.351. The maximum atomic E-state index is 6.09. The van der Waals surface area contributed by atoms with Crippen molar-refractivity contribution < 1.29 is 0 Å². The van der Waals surface area contributed by atoms with Crippen LogP contribution in [0.1, 0.15) is 33.6 Å². The first-order valence-corrected chi connectivity index (χ1v) is 5.04. The zero-order valence-electron chi connectivity index (χ0n) is 8.64. The van der Waals surface area contributed by atoms with E-state index in [4.69, 9.17) is 5.73 Å². The second kappa shape index (κ2) is 3.75. The van der Waals surface area contributed by atoms with Crippen molar-refractivity contribution in [3.8, 4) is 0 Å². The molecule has 1 rings (SSSR count). The Morgan fingerprint density at radius 1 is 1.50 bits per heavy atom. The van der Waals surface area contributed by atoms with Crippen molar-refractivity contribution in [2.45, 2.75) is 39.7 Å². The van der Waals surface area contributed by atoms with Crippen LogP contribution in [-0.4, -0.2) is 30.6 Å². The van der Waals surface area contributed by atoms with Gasteiger partial charge in [-0.15, -0.1) is 0 Å². The number of likely N-dealkylation sites (tertiary alicyclic amines) is 1. The van der Waals surface area contributed by atoms with Gasteiger partial charge in [-0.3, -0.25) is 0 Å². The SMILES string of the molecule is CCCN1CCC(C)(C)C(N)C1. The van der Waals surface area contributed by atoms with Crippen LogP contribution in [0.2, 0.25) is 0 Å². The average molecular weight is 170 g/mol. The molecule has 0 saturated carbocycles. The van der Waals surface area contributed by atoms with E-state index in [0.29, 0.717) is 11.5 Å². The Morgan fingerprint density at radius 2 is 2.17 bits per heavy atom. The predicted molar refractivity (Wildman–Crippen MR) is 53.1 cm³/mol. The zero-order valence-corrected chi connectivity index (χ0v) is 8.64. The molecule has 0 aromatic rings. The maximum Gasteiger partial charge on any atom is 0.0220 e. The average Bonchev–Trinajstić information content (AvgIpc) is 1.98. The molecular formula is C10H22N2. The van der Waals surface area contributed by atoms with Crippen molar-refractivity contribution in [2.75, 3.05) is 19.6 Å². The first-order valence-electron chi connectivity index (χ1n) is 5.04. The van der Waals surface area contributed by atoms with Gasteiger partial charge in [0, 0.05) is 12.6 Å². The summed E-state index contributed by atoms with van der Waals surface area (Å²) in [6, 6.07) is 0.359. The first-order chi connectivity index (χ1) is 5.56. The Labute approximate surface area is 76.1 Å². The number of nitrogens with zero attached hydrogens (tertiary/aromatic N) is 1. The van der Waals surface area contributed by atoms with Gasteiger partial charge in [-0.25, -0.2) is 0 Å². The van der Waals surface area contributed by atoms with Gasteiger partial charge in [-0.2, -0.15) is 0 Å². The van der Waals surface area contributed by atoms with Gasteiger partial charge in [0.1, 0.15) is 0 Å². The lowest BCUT2D eigenvalue weighted by Gasteiger charge is -2.42. The molecule has 0 aromatic carbocycles. The smallest absolute Gasteiger partial charge is 0.0220 e. The van der Waals surface area contributed by atoms with Crippen molar-refractivity contribution >= 4 is 0 Å². The van der Waals surface area contributed by atoms with Crippen LogP contribution in [0, 0.1) is 5.41 Å². The number of hydrogen-bond donors (Lipinski definition) is 1. The fraction of sp³-hybridized carbons (Fsp3) is 1.00. The van der Waals surface area contributed by atoms with E-state index in [9.17, 15) is 0 Å². The second-order valence-corrected chi connectivity index (χ2v) is 4.65. The van der Waals surface area contributed by atoms with Gasteiger partial charge in [0.15, 0.2) is 0 Å². The molecule has 12 heavy (non-hydrogen) atoms. The number of hydrogen-bond acceptors (Lipinski definition) is 2.